The zero-order valence-electron chi connectivity index (χ0n) is 13.6. The van der Waals surface area contributed by atoms with Crippen molar-refractivity contribution in [3.63, 3.8) is 0 Å². The van der Waals surface area contributed by atoms with E-state index in [9.17, 15) is 14.3 Å². The number of carbonyl (C=O) groups is 1. The van der Waals surface area contributed by atoms with Crippen LogP contribution in [0.15, 0.2) is 46.3 Å². The van der Waals surface area contributed by atoms with E-state index in [1.54, 1.807) is 17.0 Å². The number of benzene rings is 1. The van der Waals surface area contributed by atoms with Crippen LogP contribution in [0, 0.1) is 5.82 Å². The van der Waals surface area contributed by atoms with Crippen molar-refractivity contribution in [1.29, 1.82) is 0 Å². The molecule has 0 aliphatic carbocycles. The van der Waals surface area contributed by atoms with Crippen LogP contribution in [0.1, 0.15) is 35.8 Å². The normalized spacial score (nSPS) is 18.8. The second-order valence-corrected chi connectivity index (χ2v) is 7.99. The highest BCUT2D eigenvalue weighted by Crippen LogP contribution is 2.29. The summed E-state index contributed by atoms with van der Waals surface area (Å²) < 4.78 is 14.5. The molecule has 0 spiro atoms. The maximum absolute atomic E-state index is 13.8. The van der Waals surface area contributed by atoms with Gasteiger partial charge in [0.25, 0.3) is 0 Å². The van der Waals surface area contributed by atoms with Crippen LogP contribution in [0.3, 0.4) is 0 Å². The summed E-state index contributed by atoms with van der Waals surface area (Å²) in [5, 5.41) is 12.3. The van der Waals surface area contributed by atoms with Crippen molar-refractivity contribution in [2.75, 3.05) is 6.54 Å². The van der Waals surface area contributed by atoms with E-state index in [1.165, 1.54) is 29.6 Å². The molecule has 1 aromatic carbocycles. The van der Waals surface area contributed by atoms with Gasteiger partial charge in [-0.05, 0) is 55.0 Å². The molecule has 0 radical (unpaired) electrons. The summed E-state index contributed by atoms with van der Waals surface area (Å²) in [6.07, 6.45) is 4.71. The van der Waals surface area contributed by atoms with E-state index in [0.29, 0.717) is 18.5 Å². The molecule has 1 aliphatic heterocycles. The average Bonchev–Trinajstić information content (AvgIpc) is 3.27. The Morgan fingerprint density at radius 1 is 1.48 bits per heavy atom. The smallest absolute Gasteiger partial charge is 0.246 e. The molecule has 0 unspecified atom stereocenters. The van der Waals surface area contributed by atoms with Crippen LogP contribution in [-0.2, 0) is 4.79 Å². The number of halogens is 2. The Balaban J connectivity index is 1.66. The largest absolute Gasteiger partial charge is 0.387 e. The quantitative estimate of drug-likeness (QED) is 0.702. The predicted octanol–water partition coefficient (Wildman–Crippen LogP) is 4.78. The van der Waals surface area contributed by atoms with E-state index in [0.717, 1.165) is 22.2 Å². The van der Waals surface area contributed by atoms with E-state index >= 15 is 0 Å². The first-order valence-corrected chi connectivity index (χ1v) is 9.87. The molecule has 25 heavy (non-hydrogen) atoms. The molecule has 2 atom stereocenters. The molecule has 2 heterocycles. The lowest BCUT2D eigenvalue weighted by Crippen LogP contribution is -2.35. The van der Waals surface area contributed by atoms with Crippen LogP contribution in [0.5, 0.6) is 0 Å². The molecule has 3 rings (SSSR count). The van der Waals surface area contributed by atoms with Gasteiger partial charge < -0.3 is 10.0 Å². The highest BCUT2D eigenvalue weighted by molar-refractivity contribution is 9.10. The SMILES string of the molecule is O=C(/C=C\c1cc(Br)ccc1F)N1CCC[C@@H]1C[C@H](O)c1cccs1. The molecule has 1 N–H and O–H groups in total. The molecule has 1 amide bonds. The van der Waals surface area contributed by atoms with Crippen molar-refractivity contribution in [3.8, 4) is 0 Å². The fourth-order valence-corrected chi connectivity index (χ4v) is 4.23. The van der Waals surface area contributed by atoms with E-state index < -0.39 is 6.10 Å². The summed E-state index contributed by atoms with van der Waals surface area (Å²) in [6.45, 7) is 0.673. The Morgan fingerprint density at radius 2 is 2.32 bits per heavy atom. The van der Waals surface area contributed by atoms with Crippen LogP contribution in [-0.4, -0.2) is 28.5 Å². The minimum atomic E-state index is -0.551. The third-order valence-electron chi connectivity index (χ3n) is 4.39. The van der Waals surface area contributed by atoms with Crippen molar-refractivity contribution in [2.45, 2.75) is 31.4 Å². The monoisotopic (exact) mass is 423 g/mol. The zero-order valence-corrected chi connectivity index (χ0v) is 16.0. The number of amides is 1. The van der Waals surface area contributed by atoms with E-state index in [1.807, 2.05) is 17.5 Å². The van der Waals surface area contributed by atoms with E-state index in [2.05, 4.69) is 15.9 Å². The average molecular weight is 424 g/mol. The highest BCUT2D eigenvalue weighted by atomic mass is 79.9. The van der Waals surface area contributed by atoms with Gasteiger partial charge in [-0.1, -0.05) is 22.0 Å². The van der Waals surface area contributed by atoms with Gasteiger partial charge in [-0.2, -0.15) is 0 Å². The Morgan fingerprint density at radius 3 is 3.08 bits per heavy atom. The maximum Gasteiger partial charge on any atom is 0.246 e. The van der Waals surface area contributed by atoms with Crippen molar-refractivity contribution in [3.05, 3.63) is 62.5 Å². The molecule has 0 saturated carbocycles. The number of likely N-dealkylation sites (tertiary alicyclic amines) is 1. The molecule has 1 fully saturated rings. The molecule has 1 aromatic heterocycles. The van der Waals surface area contributed by atoms with Crippen LogP contribution in [0.4, 0.5) is 4.39 Å². The second kappa shape index (κ2) is 8.25. The standard InChI is InChI=1S/C19H19BrFNO2S/c20-14-6-7-16(21)13(11-14)5-8-19(24)22-9-1-3-15(22)12-17(23)18-4-2-10-25-18/h2,4-8,10-11,15,17,23H,1,3,9,12H2/b8-5-/t15-,17+/m1/s1. The van der Waals surface area contributed by atoms with Crippen LogP contribution in [0.25, 0.3) is 6.08 Å². The number of aliphatic hydroxyl groups is 1. The molecular formula is C19H19BrFNO2S. The first-order chi connectivity index (χ1) is 12.0. The summed E-state index contributed by atoms with van der Waals surface area (Å²) in [6, 6.07) is 8.46. The number of carbonyl (C=O) groups excluding carboxylic acids is 1. The fourth-order valence-electron chi connectivity index (χ4n) is 3.12. The molecule has 0 bridgehead atoms. The summed E-state index contributed by atoms with van der Waals surface area (Å²) in [7, 11) is 0. The Kier molecular flexibility index (Phi) is 6.04. The minimum absolute atomic E-state index is 0.0154. The van der Waals surface area contributed by atoms with Crippen LogP contribution >= 0.6 is 27.3 Å². The lowest BCUT2D eigenvalue weighted by atomic mass is 10.1. The Bertz CT molecular complexity index is 763. The first-order valence-electron chi connectivity index (χ1n) is 8.20. The lowest BCUT2D eigenvalue weighted by Gasteiger charge is -2.25. The van der Waals surface area contributed by atoms with Gasteiger partial charge in [0.2, 0.25) is 5.91 Å². The number of hydrogen-bond acceptors (Lipinski definition) is 3. The maximum atomic E-state index is 13.8. The predicted molar refractivity (Wildman–Crippen MR) is 102 cm³/mol. The minimum Gasteiger partial charge on any atom is -0.387 e. The molecule has 6 heteroatoms. The molecular weight excluding hydrogens is 405 g/mol. The van der Waals surface area contributed by atoms with Crippen molar-refractivity contribution in [1.82, 2.24) is 4.90 Å². The van der Waals surface area contributed by atoms with Gasteiger partial charge in [0.1, 0.15) is 5.82 Å². The van der Waals surface area contributed by atoms with Crippen LogP contribution in [0.2, 0.25) is 0 Å². The van der Waals surface area contributed by atoms with Crippen LogP contribution < -0.4 is 0 Å². The summed E-state index contributed by atoms with van der Waals surface area (Å²) in [5.41, 5.74) is 0.372. The molecule has 1 aliphatic rings. The number of hydrogen-bond donors (Lipinski definition) is 1. The third kappa shape index (κ3) is 4.57. The fraction of sp³-hybridized carbons (Fsp3) is 0.316. The van der Waals surface area contributed by atoms with Gasteiger partial charge in [0, 0.05) is 33.6 Å². The van der Waals surface area contributed by atoms with Gasteiger partial charge in [0.15, 0.2) is 0 Å². The van der Waals surface area contributed by atoms with Crippen molar-refractivity contribution in [2.24, 2.45) is 0 Å². The van der Waals surface area contributed by atoms with Gasteiger partial charge in [-0.15, -0.1) is 11.3 Å². The highest BCUT2D eigenvalue weighted by Gasteiger charge is 2.29. The summed E-state index contributed by atoms with van der Waals surface area (Å²) in [5.74, 6) is -0.501. The Labute approximate surface area is 158 Å². The first kappa shape index (κ1) is 18.3. The summed E-state index contributed by atoms with van der Waals surface area (Å²) in [4.78, 5) is 15.2. The molecule has 2 aromatic rings. The van der Waals surface area contributed by atoms with E-state index in [-0.39, 0.29) is 17.8 Å². The number of nitrogens with zero attached hydrogens (tertiary/aromatic N) is 1. The van der Waals surface area contributed by atoms with Crippen molar-refractivity contribution < 1.29 is 14.3 Å². The van der Waals surface area contributed by atoms with Gasteiger partial charge in [0.05, 0.1) is 6.10 Å². The number of aliphatic hydroxyl groups excluding tert-OH is 1. The van der Waals surface area contributed by atoms with Crippen molar-refractivity contribution >= 4 is 39.2 Å². The van der Waals surface area contributed by atoms with Gasteiger partial charge >= 0.3 is 0 Å². The number of thiophene rings is 1. The second-order valence-electron chi connectivity index (χ2n) is 6.09. The third-order valence-corrected chi connectivity index (χ3v) is 5.86. The summed E-state index contributed by atoms with van der Waals surface area (Å²) >= 11 is 4.82. The Hall–Kier alpha value is -1.50. The van der Waals surface area contributed by atoms with Gasteiger partial charge in [-0.3, -0.25) is 4.79 Å². The zero-order chi connectivity index (χ0) is 17.8. The lowest BCUT2D eigenvalue weighted by molar-refractivity contribution is -0.127. The molecule has 132 valence electrons. The molecule has 3 nitrogen and oxygen atoms in total. The topological polar surface area (TPSA) is 40.5 Å². The molecule has 1 saturated heterocycles. The van der Waals surface area contributed by atoms with Gasteiger partial charge in [-0.25, -0.2) is 4.39 Å². The van der Waals surface area contributed by atoms with E-state index in [4.69, 9.17) is 0 Å². The number of rotatable bonds is 5.